The summed E-state index contributed by atoms with van der Waals surface area (Å²) in [7, 11) is 0. The van der Waals surface area contributed by atoms with Crippen LogP contribution in [0.25, 0.3) is 0 Å². The van der Waals surface area contributed by atoms with Gasteiger partial charge in [0, 0.05) is 0 Å². The summed E-state index contributed by atoms with van der Waals surface area (Å²) in [6.45, 7) is 0. The fraction of sp³-hybridized carbons (Fsp3) is 0.143. The number of rotatable bonds is 3. The van der Waals surface area contributed by atoms with Crippen LogP contribution < -0.4 is 0 Å². The van der Waals surface area contributed by atoms with Crippen LogP contribution in [0.15, 0.2) is 34.3 Å². The quantitative estimate of drug-likeness (QED) is 0.732. The number of nitrogens with one attached hydrogen (secondary N) is 1. The predicted octanol–water partition coefficient (Wildman–Crippen LogP) is 1.69. The minimum Gasteiger partial charge on any atom is -0.468 e. The zero-order valence-corrected chi connectivity index (χ0v) is 7.04. The first-order chi connectivity index (χ1) is 5.95. The lowest BCUT2D eigenvalue weighted by Crippen LogP contribution is -1.77. The van der Waals surface area contributed by atoms with Crippen LogP contribution in [0.1, 0.15) is 5.76 Å². The smallest absolute Gasteiger partial charge is 0.183 e. The third-order valence-electron chi connectivity index (χ3n) is 1.32. The molecule has 0 atom stereocenters. The molecule has 12 heavy (non-hydrogen) atoms. The van der Waals surface area contributed by atoms with Gasteiger partial charge in [-0.1, -0.05) is 11.8 Å². The van der Waals surface area contributed by atoms with E-state index in [9.17, 15) is 0 Å². The van der Waals surface area contributed by atoms with E-state index in [2.05, 4.69) is 15.2 Å². The lowest BCUT2D eigenvalue weighted by molar-refractivity contribution is 0.530. The summed E-state index contributed by atoms with van der Waals surface area (Å²) in [6, 6.07) is 3.81. The van der Waals surface area contributed by atoms with Crippen molar-refractivity contribution in [3.05, 3.63) is 30.5 Å². The van der Waals surface area contributed by atoms with E-state index in [1.54, 1.807) is 18.0 Å². The molecule has 62 valence electrons. The van der Waals surface area contributed by atoms with E-state index < -0.39 is 0 Å². The van der Waals surface area contributed by atoms with Crippen LogP contribution in [0.3, 0.4) is 0 Å². The Balaban J connectivity index is 1.91. The summed E-state index contributed by atoms with van der Waals surface area (Å²) in [5.41, 5.74) is 0. The lowest BCUT2D eigenvalue weighted by atomic mass is 10.5. The standard InChI is InChI=1S/C7H7N3OS/c1-2-6(11-3-1)4-12-7-8-5-9-10-7/h1-3,5H,4H2,(H,8,9,10). The molecule has 2 heterocycles. The summed E-state index contributed by atoms with van der Waals surface area (Å²) >= 11 is 1.56. The third-order valence-corrected chi connectivity index (χ3v) is 2.22. The van der Waals surface area contributed by atoms with E-state index >= 15 is 0 Å². The molecule has 5 heteroatoms. The Kier molecular flexibility index (Phi) is 2.13. The molecule has 2 aromatic heterocycles. The van der Waals surface area contributed by atoms with Crippen molar-refractivity contribution in [3.8, 4) is 0 Å². The Morgan fingerprint density at radius 2 is 2.58 bits per heavy atom. The molecule has 0 aliphatic carbocycles. The number of hydrogen-bond acceptors (Lipinski definition) is 4. The van der Waals surface area contributed by atoms with Gasteiger partial charge >= 0.3 is 0 Å². The molecule has 0 radical (unpaired) electrons. The van der Waals surface area contributed by atoms with E-state index in [4.69, 9.17) is 4.42 Å². The summed E-state index contributed by atoms with van der Waals surface area (Å²) in [6.07, 6.45) is 3.15. The second-order valence-electron chi connectivity index (χ2n) is 2.16. The van der Waals surface area contributed by atoms with Crippen molar-refractivity contribution in [2.24, 2.45) is 0 Å². The minimum absolute atomic E-state index is 0.780. The number of aromatic nitrogens is 3. The molecule has 4 nitrogen and oxygen atoms in total. The van der Waals surface area contributed by atoms with Crippen LogP contribution in [0, 0.1) is 0 Å². The number of furan rings is 1. The molecule has 2 aromatic rings. The van der Waals surface area contributed by atoms with Gasteiger partial charge in [0.15, 0.2) is 5.16 Å². The zero-order valence-electron chi connectivity index (χ0n) is 6.23. The van der Waals surface area contributed by atoms with E-state index in [1.165, 1.54) is 6.33 Å². The molecular weight excluding hydrogens is 174 g/mol. The highest BCUT2D eigenvalue weighted by Crippen LogP contribution is 2.17. The van der Waals surface area contributed by atoms with E-state index in [0.717, 1.165) is 16.7 Å². The highest BCUT2D eigenvalue weighted by Gasteiger charge is 1.99. The van der Waals surface area contributed by atoms with Gasteiger partial charge < -0.3 is 4.42 Å². The molecular formula is C7H7N3OS. The normalized spacial score (nSPS) is 10.3. The predicted molar refractivity (Wildman–Crippen MR) is 44.7 cm³/mol. The molecule has 0 amide bonds. The number of H-pyrrole nitrogens is 1. The van der Waals surface area contributed by atoms with Crippen LogP contribution in [0.5, 0.6) is 0 Å². The Labute approximate surface area is 73.4 Å². The summed E-state index contributed by atoms with van der Waals surface area (Å²) in [5.74, 6) is 1.72. The van der Waals surface area contributed by atoms with Crippen molar-refractivity contribution in [1.82, 2.24) is 15.2 Å². The van der Waals surface area contributed by atoms with Gasteiger partial charge in [0.05, 0.1) is 12.0 Å². The summed E-state index contributed by atoms with van der Waals surface area (Å²) in [4.78, 5) is 3.97. The van der Waals surface area contributed by atoms with Gasteiger partial charge in [-0.3, -0.25) is 5.10 Å². The maximum absolute atomic E-state index is 5.15. The first-order valence-electron chi connectivity index (χ1n) is 3.46. The largest absolute Gasteiger partial charge is 0.468 e. The molecule has 0 saturated carbocycles. The van der Waals surface area contributed by atoms with Crippen molar-refractivity contribution in [2.45, 2.75) is 10.9 Å². The average molecular weight is 181 g/mol. The number of nitrogens with zero attached hydrogens (tertiary/aromatic N) is 2. The second kappa shape index (κ2) is 3.44. The summed E-state index contributed by atoms with van der Waals surface area (Å²) < 4.78 is 5.15. The van der Waals surface area contributed by atoms with Crippen molar-refractivity contribution in [3.63, 3.8) is 0 Å². The average Bonchev–Trinajstić information content (AvgIpc) is 2.74. The maximum atomic E-state index is 5.15. The van der Waals surface area contributed by atoms with Gasteiger partial charge in [-0.25, -0.2) is 4.98 Å². The number of hydrogen-bond donors (Lipinski definition) is 1. The molecule has 0 aliphatic rings. The topological polar surface area (TPSA) is 54.7 Å². The van der Waals surface area contributed by atoms with Gasteiger partial charge in [0.2, 0.25) is 0 Å². The molecule has 0 bridgehead atoms. The molecule has 0 spiro atoms. The van der Waals surface area contributed by atoms with E-state index in [0.29, 0.717) is 0 Å². The van der Waals surface area contributed by atoms with Gasteiger partial charge in [-0.05, 0) is 12.1 Å². The molecule has 0 aromatic carbocycles. The first kappa shape index (κ1) is 7.42. The first-order valence-corrected chi connectivity index (χ1v) is 4.44. The Morgan fingerprint density at radius 3 is 3.25 bits per heavy atom. The van der Waals surface area contributed by atoms with Gasteiger partial charge in [-0.15, -0.1) is 0 Å². The Hall–Kier alpha value is -1.23. The van der Waals surface area contributed by atoms with Crippen molar-refractivity contribution >= 4 is 11.8 Å². The molecule has 1 N–H and O–H groups in total. The molecule has 0 saturated heterocycles. The maximum Gasteiger partial charge on any atom is 0.183 e. The third kappa shape index (κ3) is 1.68. The van der Waals surface area contributed by atoms with Crippen molar-refractivity contribution < 1.29 is 4.42 Å². The fourth-order valence-electron chi connectivity index (χ4n) is 0.798. The highest BCUT2D eigenvalue weighted by molar-refractivity contribution is 7.98. The van der Waals surface area contributed by atoms with Gasteiger partial charge in [-0.2, -0.15) is 5.10 Å². The van der Waals surface area contributed by atoms with Gasteiger partial charge in [0.25, 0.3) is 0 Å². The van der Waals surface area contributed by atoms with Crippen LogP contribution >= 0.6 is 11.8 Å². The molecule has 2 rings (SSSR count). The van der Waals surface area contributed by atoms with Crippen LogP contribution in [0.2, 0.25) is 0 Å². The zero-order chi connectivity index (χ0) is 8.23. The Bertz CT molecular complexity index is 282. The van der Waals surface area contributed by atoms with Crippen molar-refractivity contribution in [2.75, 3.05) is 0 Å². The SMILES string of the molecule is c1coc(CSc2ncn[nH]2)c1. The Morgan fingerprint density at radius 1 is 1.58 bits per heavy atom. The lowest BCUT2D eigenvalue weighted by Gasteiger charge is -1.91. The monoisotopic (exact) mass is 181 g/mol. The number of thioether (sulfide) groups is 1. The molecule has 0 aliphatic heterocycles. The van der Waals surface area contributed by atoms with Crippen LogP contribution in [-0.4, -0.2) is 15.2 Å². The molecule has 0 unspecified atom stereocenters. The number of aromatic amines is 1. The highest BCUT2D eigenvalue weighted by atomic mass is 32.2. The van der Waals surface area contributed by atoms with E-state index in [1.807, 2.05) is 12.1 Å². The van der Waals surface area contributed by atoms with Gasteiger partial charge in [0.1, 0.15) is 12.1 Å². The molecule has 0 fully saturated rings. The van der Waals surface area contributed by atoms with E-state index in [-0.39, 0.29) is 0 Å². The fourth-order valence-corrected chi connectivity index (χ4v) is 1.48. The second-order valence-corrected chi connectivity index (χ2v) is 3.12. The summed E-state index contributed by atoms with van der Waals surface area (Å²) in [5, 5.41) is 7.31. The minimum atomic E-state index is 0.780. The van der Waals surface area contributed by atoms with Crippen LogP contribution in [-0.2, 0) is 5.75 Å². The van der Waals surface area contributed by atoms with Crippen molar-refractivity contribution in [1.29, 1.82) is 0 Å². The van der Waals surface area contributed by atoms with Crippen LogP contribution in [0.4, 0.5) is 0 Å².